The lowest BCUT2D eigenvalue weighted by atomic mass is 10.1. The van der Waals surface area contributed by atoms with Crippen molar-refractivity contribution in [2.75, 3.05) is 0 Å². The normalized spacial score (nSPS) is 15.5. The molecule has 3 rings (SSSR count). The molecule has 2 aromatic rings. The minimum Gasteiger partial charge on any atom is -0.402 e. The molecule has 0 saturated heterocycles. The van der Waals surface area contributed by atoms with Crippen molar-refractivity contribution in [2.24, 2.45) is 4.99 Å². The van der Waals surface area contributed by atoms with Crippen LogP contribution in [0.1, 0.15) is 11.1 Å². The number of cyclic esters (lactones) is 1. The standard InChI is InChI=1S/C18H11BrN2O4/c19-14-10-8-13(9-11-14)17-20-15(18(22)25-17)6-3-5-12-4-1-2-7-16(12)21(23)24/h1-11H/b5-3+,15-6-. The number of benzene rings is 2. The minimum atomic E-state index is -0.565. The molecule has 0 bridgehead atoms. The number of carbonyl (C=O) groups excluding carboxylic acids is 1. The monoisotopic (exact) mass is 398 g/mol. The number of para-hydroxylation sites is 1. The van der Waals surface area contributed by atoms with Crippen LogP contribution in [0.25, 0.3) is 6.08 Å². The van der Waals surface area contributed by atoms with Crippen molar-refractivity contribution in [3.63, 3.8) is 0 Å². The molecule has 0 aliphatic carbocycles. The SMILES string of the molecule is O=C1OC(c2ccc(Br)cc2)=N/C1=C\C=C\c1ccccc1[N+](=O)[O-]. The van der Waals surface area contributed by atoms with E-state index in [0.717, 1.165) is 4.47 Å². The van der Waals surface area contributed by atoms with E-state index < -0.39 is 10.9 Å². The highest BCUT2D eigenvalue weighted by molar-refractivity contribution is 9.10. The summed E-state index contributed by atoms with van der Waals surface area (Å²) in [5, 5.41) is 11.0. The fourth-order valence-corrected chi connectivity index (χ4v) is 2.44. The first kappa shape index (κ1) is 16.8. The molecule has 0 aromatic heterocycles. The number of hydrogen-bond donors (Lipinski definition) is 0. The average molecular weight is 399 g/mol. The molecule has 0 atom stereocenters. The molecule has 0 radical (unpaired) electrons. The number of nitro benzene ring substituents is 1. The first-order chi connectivity index (χ1) is 12.0. The van der Waals surface area contributed by atoms with Crippen molar-refractivity contribution in [3.8, 4) is 0 Å². The van der Waals surface area contributed by atoms with Crippen LogP contribution in [0.2, 0.25) is 0 Å². The highest BCUT2D eigenvalue weighted by Crippen LogP contribution is 2.21. The minimum absolute atomic E-state index is 0.00907. The lowest BCUT2D eigenvalue weighted by Gasteiger charge is -1.98. The Kier molecular flexibility index (Phi) is 4.85. The van der Waals surface area contributed by atoms with Gasteiger partial charge < -0.3 is 4.74 Å². The second-order valence-corrected chi connectivity index (χ2v) is 5.96. The molecule has 1 aliphatic rings. The molecule has 25 heavy (non-hydrogen) atoms. The lowest BCUT2D eigenvalue weighted by Crippen LogP contribution is -2.04. The Hall–Kier alpha value is -3.06. The summed E-state index contributed by atoms with van der Waals surface area (Å²) in [7, 11) is 0. The van der Waals surface area contributed by atoms with E-state index in [-0.39, 0.29) is 17.3 Å². The van der Waals surface area contributed by atoms with Gasteiger partial charge in [0.1, 0.15) is 0 Å². The summed E-state index contributed by atoms with van der Waals surface area (Å²) in [4.78, 5) is 26.6. The number of rotatable bonds is 4. The number of hydrogen-bond acceptors (Lipinski definition) is 5. The van der Waals surface area contributed by atoms with Gasteiger partial charge >= 0.3 is 5.97 Å². The van der Waals surface area contributed by atoms with Gasteiger partial charge in [0.15, 0.2) is 5.70 Å². The number of halogens is 1. The zero-order valence-electron chi connectivity index (χ0n) is 12.8. The summed E-state index contributed by atoms with van der Waals surface area (Å²) < 4.78 is 6.06. The van der Waals surface area contributed by atoms with E-state index in [1.54, 1.807) is 36.4 Å². The third-order valence-electron chi connectivity index (χ3n) is 3.38. The highest BCUT2D eigenvalue weighted by atomic mass is 79.9. The van der Waals surface area contributed by atoms with Crippen LogP contribution in [0.3, 0.4) is 0 Å². The zero-order chi connectivity index (χ0) is 17.8. The van der Waals surface area contributed by atoms with Gasteiger partial charge in [0.25, 0.3) is 5.69 Å². The number of nitrogens with zero attached hydrogens (tertiary/aromatic N) is 2. The maximum atomic E-state index is 11.9. The largest absolute Gasteiger partial charge is 0.402 e. The van der Waals surface area contributed by atoms with E-state index in [2.05, 4.69) is 20.9 Å². The number of allylic oxidation sites excluding steroid dienone is 2. The van der Waals surface area contributed by atoms with Crippen LogP contribution in [0.15, 0.2) is 75.8 Å². The van der Waals surface area contributed by atoms with E-state index in [0.29, 0.717) is 11.1 Å². The predicted molar refractivity (Wildman–Crippen MR) is 97.0 cm³/mol. The molecule has 0 amide bonds. The van der Waals surface area contributed by atoms with Gasteiger partial charge in [0, 0.05) is 16.1 Å². The Morgan fingerprint density at radius 3 is 2.56 bits per heavy atom. The summed E-state index contributed by atoms with van der Waals surface area (Å²) in [6.07, 6.45) is 4.55. The smallest absolute Gasteiger partial charge is 0.363 e. The Labute approximate surface area is 151 Å². The van der Waals surface area contributed by atoms with Crippen molar-refractivity contribution < 1.29 is 14.5 Å². The van der Waals surface area contributed by atoms with Gasteiger partial charge in [-0.2, -0.15) is 0 Å². The van der Waals surface area contributed by atoms with Gasteiger partial charge in [-0.3, -0.25) is 10.1 Å². The van der Waals surface area contributed by atoms with Crippen molar-refractivity contribution in [1.29, 1.82) is 0 Å². The molecule has 124 valence electrons. The third-order valence-corrected chi connectivity index (χ3v) is 3.90. The Morgan fingerprint density at radius 1 is 1.12 bits per heavy atom. The molecular weight excluding hydrogens is 388 g/mol. The summed E-state index contributed by atoms with van der Waals surface area (Å²) in [6, 6.07) is 13.5. The topological polar surface area (TPSA) is 81.8 Å². The number of ether oxygens (including phenoxy) is 1. The Bertz CT molecular complexity index is 930. The van der Waals surface area contributed by atoms with Crippen LogP contribution in [-0.4, -0.2) is 16.8 Å². The maximum absolute atomic E-state index is 11.9. The maximum Gasteiger partial charge on any atom is 0.363 e. The summed E-state index contributed by atoms with van der Waals surface area (Å²) in [5.41, 5.74) is 1.24. The van der Waals surface area contributed by atoms with Crippen molar-refractivity contribution >= 4 is 39.6 Å². The molecule has 6 nitrogen and oxygen atoms in total. The summed E-state index contributed by atoms with van der Waals surface area (Å²) in [6.45, 7) is 0. The van der Waals surface area contributed by atoms with E-state index >= 15 is 0 Å². The quantitative estimate of drug-likeness (QED) is 0.333. The van der Waals surface area contributed by atoms with Crippen LogP contribution >= 0.6 is 15.9 Å². The van der Waals surface area contributed by atoms with Crippen LogP contribution in [0.4, 0.5) is 5.69 Å². The van der Waals surface area contributed by atoms with E-state index in [4.69, 9.17) is 4.74 Å². The Morgan fingerprint density at radius 2 is 1.84 bits per heavy atom. The highest BCUT2D eigenvalue weighted by Gasteiger charge is 2.23. The van der Waals surface area contributed by atoms with Crippen LogP contribution in [0.5, 0.6) is 0 Å². The fourth-order valence-electron chi connectivity index (χ4n) is 2.18. The molecule has 0 saturated carbocycles. The first-order valence-electron chi connectivity index (χ1n) is 7.23. The van der Waals surface area contributed by atoms with E-state index in [1.807, 2.05) is 12.1 Å². The molecular formula is C18H11BrN2O4. The molecule has 2 aromatic carbocycles. The van der Waals surface area contributed by atoms with Gasteiger partial charge in [-0.15, -0.1) is 0 Å². The summed E-state index contributed by atoms with van der Waals surface area (Å²) >= 11 is 3.33. The number of carbonyl (C=O) groups is 1. The lowest BCUT2D eigenvalue weighted by molar-refractivity contribution is -0.385. The number of nitro groups is 1. The molecule has 0 fully saturated rings. The number of esters is 1. The van der Waals surface area contributed by atoms with Crippen molar-refractivity contribution in [1.82, 2.24) is 0 Å². The van der Waals surface area contributed by atoms with Gasteiger partial charge in [-0.25, -0.2) is 9.79 Å². The van der Waals surface area contributed by atoms with Crippen LogP contribution in [0, 0.1) is 10.1 Å². The number of aliphatic imine (C=N–C) groups is 1. The van der Waals surface area contributed by atoms with Crippen molar-refractivity contribution in [3.05, 3.63) is 92.1 Å². The molecule has 1 aliphatic heterocycles. The molecule has 7 heteroatoms. The zero-order valence-corrected chi connectivity index (χ0v) is 14.3. The third kappa shape index (κ3) is 3.89. The second kappa shape index (κ2) is 7.23. The molecule has 0 spiro atoms. The average Bonchev–Trinajstić information content (AvgIpc) is 2.97. The van der Waals surface area contributed by atoms with Gasteiger partial charge in [-0.1, -0.05) is 34.1 Å². The molecule has 1 heterocycles. The fraction of sp³-hybridized carbons (Fsp3) is 0. The molecule has 0 N–H and O–H groups in total. The molecule has 0 unspecified atom stereocenters. The van der Waals surface area contributed by atoms with E-state index in [9.17, 15) is 14.9 Å². The predicted octanol–water partition coefficient (Wildman–Crippen LogP) is 4.26. The van der Waals surface area contributed by atoms with Gasteiger partial charge in [0.05, 0.1) is 10.5 Å². The van der Waals surface area contributed by atoms with Crippen LogP contribution in [-0.2, 0) is 9.53 Å². The van der Waals surface area contributed by atoms with Crippen molar-refractivity contribution in [2.45, 2.75) is 0 Å². The van der Waals surface area contributed by atoms with E-state index in [1.165, 1.54) is 18.2 Å². The first-order valence-corrected chi connectivity index (χ1v) is 8.02. The van der Waals surface area contributed by atoms with Gasteiger partial charge in [-0.05, 0) is 42.5 Å². The Balaban J connectivity index is 1.83. The van der Waals surface area contributed by atoms with Crippen LogP contribution < -0.4 is 0 Å². The van der Waals surface area contributed by atoms with Gasteiger partial charge in [0.2, 0.25) is 5.90 Å². The second-order valence-electron chi connectivity index (χ2n) is 5.04. The summed E-state index contributed by atoms with van der Waals surface area (Å²) in [5.74, 6) is -0.340.